The van der Waals surface area contributed by atoms with E-state index in [4.69, 9.17) is 9.84 Å². The van der Waals surface area contributed by atoms with Crippen molar-refractivity contribution in [1.29, 1.82) is 0 Å². The van der Waals surface area contributed by atoms with Gasteiger partial charge in [0.1, 0.15) is 12.2 Å². The van der Waals surface area contributed by atoms with Crippen molar-refractivity contribution in [2.45, 2.75) is 25.9 Å². The number of rotatable bonds is 8. The first-order valence-corrected chi connectivity index (χ1v) is 6.56. The number of carboxylic acids is 1. The number of amides is 2. The largest absolute Gasteiger partial charge is 0.480 e. The van der Waals surface area contributed by atoms with E-state index in [-0.39, 0.29) is 12.6 Å². The van der Waals surface area contributed by atoms with Crippen molar-refractivity contribution in [2.75, 3.05) is 39.3 Å². The van der Waals surface area contributed by atoms with E-state index in [0.29, 0.717) is 19.6 Å². The number of urea groups is 1. The normalized spacial score (nSPS) is 16.8. The number of carbonyl (C=O) groups excluding carboxylic acids is 1. The Kier molecular flexibility index (Phi) is 6.04. The predicted molar refractivity (Wildman–Crippen MR) is 70.1 cm³/mol. The fourth-order valence-corrected chi connectivity index (χ4v) is 1.93. The summed E-state index contributed by atoms with van der Waals surface area (Å²) in [5, 5.41) is 14.5. The van der Waals surface area contributed by atoms with Crippen LogP contribution in [0.5, 0.6) is 0 Å². The molecule has 1 rings (SSSR count). The van der Waals surface area contributed by atoms with E-state index in [9.17, 15) is 9.59 Å². The number of likely N-dealkylation sites (tertiary alicyclic amines) is 1. The van der Waals surface area contributed by atoms with Gasteiger partial charge in [-0.1, -0.05) is 6.92 Å². The molecule has 3 N–H and O–H groups in total. The number of hydrogen-bond donors (Lipinski definition) is 3. The van der Waals surface area contributed by atoms with E-state index in [1.807, 2.05) is 13.8 Å². The number of carboxylic acid groups (broad SMARTS) is 1. The molecule has 0 radical (unpaired) electrons. The van der Waals surface area contributed by atoms with Crippen LogP contribution in [0.15, 0.2) is 0 Å². The first kappa shape index (κ1) is 15.7. The average molecular weight is 273 g/mol. The molecule has 7 heteroatoms. The highest BCUT2D eigenvalue weighted by molar-refractivity contribution is 5.75. The van der Waals surface area contributed by atoms with Crippen LogP contribution in [0.1, 0.15) is 20.3 Å². The Hall–Kier alpha value is -1.34. The molecule has 1 fully saturated rings. The van der Waals surface area contributed by atoms with Gasteiger partial charge in [-0.3, -0.25) is 0 Å². The summed E-state index contributed by atoms with van der Waals surface area (Å²) in [7, 11) is 0. The molecule has 7 nitrogen and oxygen atoms in total. The van der Waals surface area contributed by atoms with Crippen LogP contribution >= 0.6 is 0 Å². The second-order valence-electron chi connectivity index (χ2n) is 4.93. The summed E-state index contributed by atoms with van der Waals surface area (Å²) >= 11 is 0. The number of carbonyl (C=O) groups is 2. The Morgan fingerprint density at radius 1 is 1.37 bits per heavy atom. The molecule has 0 aliphatic carbocycles. The van der Waals surface area contributed by atoms with Crippen molar-refractivity contribution in [3.05, 3.63) is 0 Å². The van der Waals surface area contributed by atoms with Crippen LogP contribution in [0.25, 0.3) is 0 Å². The molecule has 1 aliphatic heterocycles. The molecular formula is C12H23N3O4. The molecule has 0 unspecified atom stereocenters. The van der Waals surface area contributed by atoms with Crippen LogP contribution in [-0.4, -0.2) is 66.9 Å². The minimum Gasteiger partial charge on any atom is -0.480 e. The van der Waals surface area contributed by atoms with Crippen molar-refractivity contribution >= 4 is 12.0 Å². The molecule has 1 heterocycles. The predicted octanol–water partition coefficient (Wildman–Crippen LogP) is -0.129. The first-order chi connectivity index (χ1) is 8.97. The number of aliphatic carboxylic acids is 1. The highest BCUT2D eigenvalue weighted by Crippen LogP contribution is 2.24. The standard InChI is InChI=1S/C12H23N3O4/c1-3-13-5-4-6-14-11(18)15-8-12(2,9-15)19-7-10(16)17/h13H,3-9H2,1-2H3,(H,14,18)(H,16,17). The summed E-state index contributed by atoms with van der Waals surface area (Å²) in [6.45, 7) is 6.83. The van der Waals surface area contributed by atoms with Gasteiger partial charge in [-0.25, -0.2) is 9.59 Å². The smallest absolute Gasteiger partial charge is 0.329 e. The third-order valence-electron chi connectivity index (χ3n) is 2.94. The van der Waals surface area contributed by atoms with Gasteiger partial charge in [0.2, 0.25) is 0 Å². The summed E-state index contributed by atoms with van der Waals surface area (Å²) in [6, 6.07) is -0.118. The average Bonchev–Trinajstić information content (AvgIpc) is 2.32. The maximum atomic E-state index is 11.7. The SMILES string of the molecule is CCNCCCNC(=O)N1CC(C)(OCC(=O)O)C1. The fraction of sp³-hybridized carbons (Fsp3) is 0.833. The summed E-state index contributed by atoms with van der Waals surface area (Å²) in [4.78, 5) is 23.7. The third-order valence-corrected chi connectivity index (χ3v) is 2.94. The van der Waals surface area contributed by atoms with Gasteiger partial charge in [0.15, 0.2) is 0 Å². The van der Waals surface area contributed by atoms with Crippen molar-refractivity contribution < 1.29 is 19.4 Å². The molecule has 0 saturated carbocycles. The molecule has 110 valence electrons. The minimum atomic E-state index is -0.993. The highest BCUT2D eigenvalue weighted by atomic mass is 16.5. The Morgan fingerprint density at radius 2 is 2.05 bits per heavy atom. The van der Waals surface area contributed by atoms with Crippen molar-refractivity contribution in [1.82, 2.24) is 15.5 Å². The Balaban J connectivity index is 2.11. The molecule has 1 aliphatic rings. The van der Waals surface area contributed by atoms with Crippen LogP contribution in [0.3, 0.4) is 0 Å². The monoisotopic (exact) mass is 273 g/mol. The maximum Gasteiger partial charge on any atom is 0.329 e. The van der Waals surface area contributed by atoms with E-state index < -0.39 is 11.6 Å². The Bertz CT molecular complexity index is 316. The number of ether oxygens (including phenoxy) is 1. The summed E-state index contributed by atoms with van der Waals surface area (Å²) < 4.78 is 5.23. The second-order valence-corrected chi connectivity index (χ2v) is 4.93. The topological polar surface area (TPSA) is 90.9 Å². The Labute approximate surface area is 113 Å². The van der Waals surface area contributed by atoms with Gasteiger partial charge in [0, 0.05) is 6.54 Å². The second kappa shape index (κ2) is 7.30. The summed E-state index contributed by atoms with van der Waals surface area (Å²) in [5.41, 5.74) is -0.528. The lowest BCUT2D eigenvalue weighted by Crippen LogP contribution is -2.65. The number of hydrogen-bond acceptors (Lipinski definition) is 4. The van der Waals surface area contributed by atoms with E-state index in [0.717, 1.165) is 19.5 Å². The third kappa shape index (κ3) is 5.44. The van der Waals surface area contributed by atoms with Crippen LogP contribution in [0.2, 0.25) is 0 Å². The van der Waals surface area contributed by atoms with Crippen LogP contribution in [0.4, 0.5) is 4.79 Å². The van der Waals surface area contributed by atoms with Gasteiger partial charge >= 0.3 is 12.0 Å². The van der Waals surface area contributed by atoms with Crippen LogP contribution in [-0.2, 0) is 9.53 Å². The molecule has 0 aromatic rings. The lowest BCUT2D eigenvalue weighted by Gasteiger charge is -2.46. The number of nitrogens with zero attached hydrogens (tertiary/aromatic N) is 1. The van der Waals surface area contributed by atoms with Gasteiger partial charge in [0.05, 0.1) is 13.1 Å². The van der Waals surface area contributed by atoms with Crippen molar-refractivity contribution in [2.24, 2.45) is 0 Å². The molecule has 19 heavy (non-hydrogen) atoms. The lowest BCUT2D eigenvalue weighted by atomic mass is 9.97. The lowest BCUT2D eigenvalue weighted by molar-refractivity contribution is -0.159. The zero-order chi connectivity index (χ0) is 14.3. The molecule has 0 atom stereocenters. The zero-order valence-corrected chi connectivity index (χ0v) is 11.6. The molecule has 2 amide bonds. The van der Waals surface area contributed by atoms with Gasteiger partial charge < -0.3 is 25.4 Å². The van der Waals surface area contributed by atoms with Gasteiger partial charge in [-0.2, -0.15) is 0 Å². The van der Waals surface area contributed by atoms with Gasteiger partial charge in [0.25, 0.3) is 0 Å². The van der Waals surface area contributed by atoms with E-state index >= 15 is 0 Å². The quantitative estimate of drug-likeness (QED) is 0.536. The minimum absolute atomic E-state index is 0.118. The summed E-state index contributed by atoms with van der Waals surface area (Å²) in [6.07, 6.45) is 0.889. The van der Waals surface area contributed by atoms with Crippen molar-refractivity contribution in [3.8, 4) is 0 Å². The molecule has 0 bridgehead atoms. The Morgan fingerprint density at radius 3 is 2.63 bits per heavy atom. The van der Waals surface area contributed by atoms with Crippen molar-refractivity contribution in [3.63, 3.8) is 0 Å². The van der Waals surface area contributed by atoms with Crippen LogP contribution in [0, 0.1) is 0 Å². The number of nitrogens with one attached hydrogen (secondary N) is 2. The van der Waals surface area contributed by atoms with E-state index in [1.54, 1.807) is 4.90 Å². The van der Waals surface area contributed by atoms with Gasteiger partial charge in [-0.05, 0) is 26.4 Å². The maximum absolute atomic E-state index is 11.7. The first-order valence-electron chi connectivity index (χ1n) is 6.56. The fourth-order valence-electron chi connectivity index (χ4n) is 1.93. The molecule has 0 spiro atoms. The molecule has 0 aromatic carbocycles. The molecule has 1 saturated heterocycles. The molecule has 0 aromatic heterocycles. The van der Waals surface area contributed by atoms with Gasteiger partial charge in [-0.15, -0.1) is 0 Å². The molecular weight excluding hydrogens is 250 g/mol. The summed E-state index contributed by atoms with van der Waals surface area (Å²) in [5.74, 6) is -0.993. The van der Waals surface area contributed by atoms with E-state index in [1.165, 1.54) is 0 Å². The highest BCUT2D eigenvalue weighted by Gasteiger charge is 2.42. The zero-order valence-electron chi connectivity index (χ0n) is 11.6. The van der Waals surface area contributed by atoms with Crippen LogP contribution < -0.4 is 10.6 Å². The van der Waals surface area contributed by atoms with E-state index in [2.05, 4.69) is 10.6 Å².